The predicted octanol–water partition coefficient (Wildman–Crippen LogP) is 10.3. The zero-order valence-corrected chi connectivity index (χ0v) is 56.2. The van der Waals surface area contributed by atoms with Crippen LogP contribution in [-0.4, -0.2) is 147 Å². The van der Waals surface area contributed by atoms with Gasteiger partial charge in [-0.05, 0) is 199 Å². The Bertz CT molecular complexity index is 3920. The number of pyridine rings is 2. The van der Waals surface area contributed by atoms with Gasteiger partial charge in [0.1, 0.15) is 35.2 Å². The van der Waals surface area contributed by atoms with Crippen molar-refractivity contribution in [3.05, 3.63) is 163 Å². The molecule has 0 radical (unpaired) electrons. The highest BCUT2D eigenvalue weighted by atomic mass is 35.5. The number of ether oxygens (including phenoxy) is 4. The molecule has 2 aliphatic carbocycles. The number of carbonyl (C=O) groups excluding carboxylic acids is 2. The van der Waals surface area contributed by atoms with Crippen LogP contribution in [0.1, 0.15) is 101 Å². The van der Waals surface area contributed by atoms with Crippen LogP contribution in [0.25, 0.3) is 0 Å². The number of unbranched alkanes of at least 4 members (excludes halogenated alkanes) is 1. The molecule has 2 fully saturated rings. The van der Waals surface area contributed by atoms with Crippen LogP contribution < -0.4 is 40.2 Å². The summed E-state index contributed by atoms with van der Waals surface area (Å²) in [6.45, 7) is 10.6. The van der Waals surface area contributed by atoms with Crippen molar-refractivity contribution in [3.63, 3.8) is 0 Å². The molecule has 1 unspecified atom stereocenters. The van der Waals surface area contributed by atoms with E-state index in [0.29, 0.717) is 133 Å². The highest BCUT2D eigenvalue weighted by Gasteiger charge is 2.40. The molecule has 6 aromatic rings. The van der Waals surface area contributed by atoms with Crippen LogP contribution in [-0.2, 0) is 36.0 Å². The Balaban J connectivity index is 0.586. The van der Waals surface area contributed by atoms with Gasteiger partial charge in [0.25, 0.3) is 0 Å². The van der Waals surface area contributed by atoms with E-state index in [1.807, 2.05) is 59.4 Å². The molecule has 486 valence electrons. The van der Waals surface area contributed by atoms with Gasteiger partial charge in [-0.25, -0.2) is 18.0 Å². The molecule has 92 heavy (non-hydrogen) atoms. The molecule has 4 aliphatic rings. The fourth-order valence-corrected chi connectivity index (χ4v) is 16.6. The van der Waals surface area contributed by atoms with Crippen molar-refractivity contribution in [1.29, 1.82) is 10.5 Å². The Morgan fingerprint density at radius 2 is 1.17 bits per heavy atom. The number of halogens is 2. The lowest BCUT2D eigenvalue weighted by Crippen LogP contribution is -2.37. The summed E-state index contributed by atoms with van der Waals surface area (Å²) in [6.07, 6.45) is 6.91. The molecule has 4 aromatic carbocycles. The number of urea groups is 2. The fraction of sp³-hybridized carbons (Fsp3) is 0.426. The van der Waals surface area contributed by atoms with Crippen LogP contribution >= 0.6 is 33.9 Å². The first kappa shape index (κ1) is 67.4. The molecule has 4 N–H and O–H groups in total. The molecular weight excluding hydrogens is 1250 g/mol. The van der Waals surface area contributed by atoms with Gasteiger partial charge in [0.15, 0.2) is 0 Å². The number of hydrogen-bond donors (Lipinski definition) is 4. The van der Waals surface area contributed by atoms with Crippen molar-refractivity contribution >= 4 is 61.3 Å². The van der Waals surface area contributed by atoms with E-state index in [1.165, 1.54) is 9.20 Å². The molecule has 4 amide bonds. The van der Waals surface area contributed by atoms with E-state index in [4.69, 9.17) is 42.1 Å². The molecule has 7 atom stereocenters. The molecule has 10 rings (SSSR count). The van der Waals surface area contributed by atoms with Crippen molar-refractivity contribution in [2.24, 2.45) is 11.8 Å². The lowest BCUT2D eigenvalue weighted by atomic mass is 10.0. The molecule has 0 saturated carbocycles. The van der Waals surface area contributed by atoms with Crippen LogP contribution in [0.5, 0.6) is 23.0 Å². The summed E-state index contributed by atoms with van der Waals surface area (Å²) in [5.74, 6) is 2.94. The first-order chi connectivity index (χ1) is 44.3. The third kappa shape index (κ3) is 16.3. The summed E-state index contributed by atoms with van der Waals surface area (Å²) in [5.41, 5.74) is 7.88. The average molecular weight is 1330 g/mol. The van der Waals surface area contributed by atoms with Gasteiger partial charge in [0, 0.05) is 90.6 Å². The second-order valence-electron chi connectivity index (χ2n) is 24.3. The van der Waals surface area contributed by atoms with Crippen LogP contribution in [0, 0.1) is 48.3 Å². The monoisotopic (exact) mass is 1330 g/mol. The number of benzene rings is 4. The number of nitrogens with zero attached hydrogens (tertiary/aromatic N) is 8. The minimum Gasteiger partial charge on any atom is -0.493 e. The van der Waals surface area contributed by atoms with E-state index >= 15 is 0 Å². The standard InChI is InChI=1S/C68H80Cl2N12O8S2/c1-8-91(55-11-13-63(43(2)25-55)89-65-59-29-49(69)27-47(35-71)57(59)33-61(65)79(4)5)81-23-17-45(39-81)41-87-53-15-21-73-51(31-53)37-77-67(83)75-19-9-10-20-76-68(84)78-38-52-32-54(16-22-74-52)88-42-46-18-24-82(40-46)92(85,86)56-12-14-64(44(3)26-56)90-66-60-30-50(70)28-48(36-72)58(60)34-62(66)80(6)7/h8,11-16,21-22,25-32,45-46,61-62,65-66H,9-10,17-20,23-24,33-34,37-42H2,1-7H3,(H2,75,77,83)(H2,76,78,84)/t45-,46-,61+,62+,65+,66+,91?/m1/s1. The Labute approximate surface area is 552 Å². The Morgan fingerprint density at radius 3 is 1.66 bits per heavy atom. The van der Waals surface area contributed by atoms with Crippen molar-refractivity contribution in [3.8, 4) is 35.1 Å². The topological polar surface area (TPSA) is 240 Å². The molecule has 2 aliphatic heterocycles. The van der Waals surface area contributed by atoms with Gasteiger partial charge in [0.05, 0.1) is 77.9 Å². The molecule has 24 heteroatoms. The van der Waals surface area contributed by atoms with Crippen molar-refractivity contribution in [1.82, 2.24) is 49.6 Å². The van der Waals surface area contributed by atoms with Crippen LogP contribution in [0.4, 0.5) is 9.59 Å². The molecule has 0 bridgehead atoms. The number of nitriles is 2. The maximum absolute atomic E-state index is 13.9. The molecule has 4 heterocycles. The third-order valence-electron chi connectivity index (χ3n) is 17.5. The lowest BCUT2D eigenvalue weighted by molar-refractivity contribution is 0.110. The summed E-state index contributed by atoms with van der Waals surface area (Å²) in [7, 11) is 3.99. The number of nitrogens with one attached hydrogen (secondary N) is 4. The number of amides is 4. The zero-order chi connectivity index (χ0) is 65.2. The van der Waals surface area contributed by atoms with E-state index in [2.05, 4.69) is 94.9 Å². The van der Waals surface area contributed by atoms with E-state index < -0.39 is 16.1 Å². The lowest BCUT2D eigenvalue weighted by Gasteiger charge is -2.28. The number of aromatic nitrogens is 2. The fourth-order valence-electron chi connectivity index (χ4n) is 12.5. The number of carbonyl (C=O) groups is 2. The van der Waals surface area contributed by atoms with Gasteiger partial charge in [-0.1, -0.05) is 33.9 Å². The van der Waals surface area contributed by atoms with E-state index in [9.17, 15) is 28.5 Å². The summed E-state index contributed by atoms with van der Waals surface area (Å²) < 4.78 is 57.6. The van der Waals surface area contributed by atoms with Gasteiger partial charge >= 0.3 is 12.1 Å². The number of likely N-dealkylation sites (N-methyl/N-ethyl adjacent to an activating group) is 2. The SMILES string of the molecule is C/C=S(\c1ccc(O[C@H]2c3cc(Cl)cc(C#N)c3C[C@@H]2N(C)C)c(C)c1)N1CC[C@@H](COc2ccnc(CNC(=O)NCCCCNC(=O)NCc3cc(OC[C@@H]4CCN(S(=O)(=O)c5ccc(O[C@H]6c7cc(Cl)cc(C#N)c7C[C@@H]6N(C)C)c(C)c5)C4)ccn3)c2)C1. The maximum atomic E-state index is 13.9. The number of hydrogen-bond acceptors (Lipinski definition) is 15. The summed E-state index contributed by atoms with van der Waals surface area (Å²) >= 11 is 12.9. The first-order valence-electron chi connectivity index (χ1n) is 31.1. The highest BCUT2D eigenvalue weighted by molar-refractivity contribution is 8.13. The second-order valence-corrected chi connectivity index (χ2v) is 29.2. The quantitative estimate of drug-likeness (QED) is 0.0308. The average Bonchev–Trinajstić information content (AvgIpc) is 1.72. The van der Waals surface area contributed by atoms with Gasteiger partial charge in [-0.2, -0.15) is 14.8 Å². The van der Waals surface area contributed by atoms with E-state index in [-0.39, 0.29) is 64.8 Å². The normalized spacial score (nSPS) is 19.9. The van der Waals surface area contributed by atoms with Gasteiger partial charge in [-0.3, -0.25) is 14.3 Å². The van der Waals surface area contributed by atoms with Gasteiger partial charge in [-0.15, -0.1) is 0 Å². The van der Waals surface area contributed by atoms with Gasteiger partial charge < -0.3 is 50.0 Å². The molecule has 2 aromatic heterocycles. The maximum Gasteiger partial charge on any atom is 0.315 e. The Morgan fingerprint density at radius 1 is 0.674 bits per heavy atom. The Kier molecular flexibility index (Phi) is 22.3. The number of rotatable bonds is 25. The number of sulfonamides is 1. The van der Waals surface area contributed by atoms with Crippen LogP contribution in [0.15, 0.2) is 107 Å². The van der Waals surface area contributed by atoms with Crippen molar-refractivity contribution in [2.45, 2.75) is 106 Å². The van der Waals surface area contributed by atoms with Crippen molar-refractivity contribution in [2.75, 3.05) is 80.7 Å². The first-order valence-corrected chi connectivity index (χ1v) is 34.5. The third-order valence-corrected chi connectivity index (χ3v) is 21.8. The van der Waals surface area contributed by atoms with Crippen LogP contribution in [0.3, 0.4) is 0 Å². The van der Waals surface area contributed by atoms with Crippen molar-refractivity contribution < 1.29 is 37.0 Å². The minimum atomic E-state index is -3.81. The van der Waals surface area contributed by atoms with E-state index in [1.54, 1.807) is 54.9 Å². The predicted molar refractivity (Wildman–Crippen MR) is 357 cm³/mol. The van der Waals surface area contributed by atoms with Crippen LogP contribution in [0.2, 0.25) is 10.0 Å². The largest absolute Gasteiger partial charge is 0.493 e. The molecule has 0 spiro atoms. The smallest absolute Gasteiger partial charge is 0.315 e. The number of fused-ring (bicyclic) bond motifs is 2. The second kappa shape index (κ2) is 30.5. The molecule has 2 saturated heterocycles. The van der Waals surface area contributed by atoms with Gasteiger partial charge in [0.2, 0.25) is 10.0 Å². The zero-order valence-electron chi connectivity index (χ0n) is 53.0. The molecule has 20 nitrogen and oxygen atoms in total. The molecular formula is C68H80Cl2N12O8S2. The Hall–Kier alpha value is -7.51. The summed E-state index contributed by atoms with van der Waals surface area (Å²) in [4.78, 5) is 39.8. The number of aryl methyl sites for hydroxylation is 2. The van der Waals surface area contributed by atoms with E-state index in [0.717, 1.165) is 53.1 Å². The summed E-state index contributed by atoms with van der Waals surface area (Å²) in [5, 5.41) is 34.3. The summed E-state index contributed by atoms with van der Waals surface area (Å²) in [6, 6.07) is 29.7. The minimum absolute atomic E-state index is 0.0367. The highest BCUT2D eigenvalue weighted by Crippen LogP contribution is 2.44.